The number of nitrogens with one attached hydrogen (secondary N) is 1. The summed E-state index contributed by atoms with van der Waals surface area (Å²) in [5.41, 5.74) is 0.784. The minimum atomic E-state index is -0.286. The van der Waals surface area contributed by atoms with E-state index in [1.54, 1.807) is 12.0 Å². The lowest BCUT2D eigenvalue weighted by Crippen LogP contribution is -3.12. The molecule has 1 aromatic heterocycles. The largest absolute Gasteiger partial charge is 0.497 e. The lowest BCUT2D eigenvalue weighted by Gasteiger charge is -2.24. The number of carbonyl (C=O) groups excluding carboxylic acids is 3. The van der Waals surface area contributed by atoms with E-state index in [0.717, 1.165) is 40.5 Å². The molecule has 1 saturated heterocycles. The van der Waals surface area contributed by atoms with Gasteiger partial charge in [0.25, 0.3) is 0 Å². The Balaban J connectivity index is 1.86. The van der Waals surface area contributed by atoms with Gasteiger partial charge in [-0.1, -0.05) is 11.3 Å². The third-order valence-corrected chi connectivity index (χ3v) is 6.29. The highest BCUT2D eigenvalue weighted by molar-refractivity contribution is 7.22. The fourth-order valence-electron chi connectivity index (χ4n) is 3.36. The molecule has 0 atom stereocenters. The van der Waals surface area contributed by atoms with E-state index >= 15 is 0 Å². The summed E-state index contributed by atoms with van der Waals surface area (Å²) in [6.07, 6.45) is 0.354. The second-order valence-corrected chi connectivity index (χ2v) is 7.97. The molecule has 1 N–H and O–H groups in total. The summed E-state index contributed by atoms with van der Waals surface area (Å²) in [5, 5.41) is 0.573. The van der Waals surface area contributed by atoms with Gasteiger partial charge in [-0.25, -0.2) is 4.98 Å². The fourth-order valence-corrected chi connectivity index (χ4v) is 4.39. The van der Waals surface area contributed by atoms with Crippen LogP contribution in [0, 0.1) is 0 Å². The quantitative estimate of drug-likeness (QED) is 0.606. The van der Waals surface area contributed by atoms with Crippen LogP contribution >= 0.6 is 11.3 Å². The predicted molar refractivity (Wildman–Crippen MR) is 111 cm³/mol. The third-order valence-electron chi connectivity index (χ3n) is 5.25. The van der Waals surface area contributed by atoms with Crippen LogP contribution in [0.3, 0.4) is 0 Å². The molecule has 0 unspecified atom stereocenters. The molecule has 8 nitrogen and oxygen atoms in total. The maximum atomic E-state index is 13.1. The summed E-state index contributed by atoms with van der Waals surface area (Å²) < 4.78 is 6.19. The Morgan fingerprint density at radius 2 is 1.93 bits per heavy atom. The van der Waals surface area contributed by atoms with Gasteiger partial charge in [-0.3, -0.25) is 24.2 Å². The van der Waals surface area contributed by atoms with Gasteiger partial charge in [-0.05, 0) is 32.0 Å². The highest BCUT2D eigenvalue weighted by atomic mass is 32.1. The molecule has 156 valence electrons. The zero-order valence-electron chi connectivity index (χ0n) is 17.1. The summed E-state index contributed by atoms with van der Waals surface area (Å²) in [6, 6.07) is 5.59. The molecule has 0 bridgehead atoms. The predicted octanol–water partition coefficient (Wildman–Crippen LogP) is 0.712. The number of likely N-dealkylation sites (tertiary alicyclic amines) is 1. The first kappa shape index (κ1) is 21.2. The summed E-state index contributed by atoms with van der Waals surface area (Å²) in [6.45, 7) is 7.14. The van der Waals surface area contributed by atoms with E-state index in [9.17, 15) is 14.4 Å². The minimum absolute atomic E-state index is 0.177. The van der Waals surface area contributed by atoms with Crippen molar-refractivity contribution in [2.24, 2.45) is 0 Å². The molecule has 1 aromatic carbocycles. The molecular weight excluding hydrogens is 392 g/mol. The lowest BCUT2D eigenvalue weighted by molar-refractivity contribution is -0.894. The third kappa shape index (κ3) is 4.73. The van der Waals surface area contributed by atoms with E-state index in [1.165, 1.54) is 16.2 Å². The van der Waals surface area contributed by atoms with Crippen LogP contribution in [0.4, 0.5) is 5.13 Å². The molecule has 29 heavy (non-hydrogen) atoms. The number of benzene rings is 1. The van der Waals surface area contributed by atoms with Crippen LogP contribution in [0.15, 0.2) is 18.2 Å². The Morgan fingerprint density at radius 3 is 2.55 bits per heavy atom. The molecule has 0 spiro atoms. The summed E-state index contributed by atoms with van der Waals surface area (Å²) >= 11 is 1.41. The molecule has 0 radical (unpaired) electrons. The first-order chi connectivity index (χ1) is 14.0. The van der Waals surface area contributed by atoms with Crippen LogP contribution in [0.2, 0.25) is 0 Å². The number of likely N-dealkylation sites (N-methyl/N-ethyl adjacent to an activating group) is 1. The van der Waals surface area contributed by atoms with Crippen LogP contribution in [0.5, 0.6) is 5.75 Å². The lowest BCUT2D eigenvalue weighted by atomic mass is 10.3. The number of ether oxygens (including phenoxy) is 1. The standard InChI is InChI=1S/C20H26N4O4S/c1-4-22(5-2)10-11-23(19(27)13-24-17(25)8-9-18(24)26)20-21-15-7-6-14(28-3)12-16(15)29-20/h6-7,12H,4-5,8-11,13H2,1-3H3/p+1. The van der Waals surface area contributed by atoms with Crippen molar-refractivity contribution < 1.29 is 24.0 Å². The number of rotatable bonds is 9. The van der Waals surface area contributed by atoms with E-state index in [-0.39, 0.29) is 37.1 Å². The molecular formula is C20H27N4O4S+. The van der Waals surface area contributed by atoms with Crippen LogP contribution in [0.25, 0.3) is 10.2 Å². The first-order valence-corrected chi connectivity index (χ1v) is 10.7. The van der Waals surface area contributed by atoms with Gasteiger partial charge in [0.1, 0.15) is 12.3 Å². The smallest absolute Gasteiger partial charge is 0.249 e. The fraction of sp³-hybridized carbons (Fsp3) is 0.500. The number of aromatic nitrogens is 1. The van der Waals surface area contributed by atoms with E-state index in [1.807, 2.05) is 18.2 Å². The normalized spacial score (nSPS) is 14.3. The number of thiazole rings is 1. The molecule has 0 saturated carbocycles. The highest BCUT2D eigenvalue weighted by Gasteiger charge is 2.33. The summed E-state index contributed by atoms with van der Waals surface area (Å²) in [7, 11) is 1.61. The molecule has 0 aliphatic carbocycles. The topological polar surface area (TPSA) is 84.3 Å². The van der Waals surface area contributed by atoms with Gasteiger partial charge in [0, 0.05) is 12.8 Å². The van der Waals surface area contributed by atoms with Crippen molar-refractivity contribution in [2.45, 2.75) is 26.7 Å². The van der Waals surface area contributed by atoms with Gasteiger partial charge in [0.05, 0.1) is 43.5 Å². The maximum absolute atomic E-state index is 13.1. The molecule has 9 heteroatoms. The Hall–Kier alpha value is -2.52. The van der Waals surface area contributed by atoms with Crippen molar-refractivity contribution in [1.29, 1.82) is 0 Å². The number of hydrogen-bond donors (Lipinski definition) is 1. The number of carbonyl (C=O) groups is 3. The van der Waals surface area contributed by atoms with Gasteiger partial charge in [-0.15, -0.1) is 0 Å². The SMILES string of the molecule is CC[NH+](CC)CCN(C(=O)CN1C(=O)CCC1=O)c1nc2ccc(OC)cc2s1. The molecule has 2 heterocycles. The first-order valence-electron chi connectivity index (χ1n) is 9.88. The van der Waals surface area contributed by atoms with Gasteiger partial charge < -0.3 is 9.64 Å². The van der Waals surface area contributed by atoms with Crippen LogP contribution in [-0.2, 0) is 14.4 Å². The average molecular weight is 420 g/mol. The number of anilines is 1. The van der Waals surface area contributed by atoms with E-state index in [4.69, 9.17) is 4.74 Å². The number of quaternary nitrogens is 1. The number of imide groups is 1. The van der Waals surface area contributed by atoms with Crippen molar-refractivity contribution >= 4 is 44.4 Å². The number of fused-ring (bicyclic) bond motifs is 1. The van der Waals surface area contributed by atoms with E-state index in [0.29, 0.717) is 11.7 Å². The zero-order chi connectivity index (χ0) is 21.0. The van der Waals surface area contributed by atoms with E-state index < -0.39 is 0 Å². The molecule has 1 fully saturated rings. The molecule has 2 aromatic rings. The van der Waals surface area contributed by atoms with Crippen molar-refractivity contribution in [3.63, 3.8) is 0 Å². The highest BCUT2D eigenvalue weighted by Crippen LogP contribution is 2.31. The van der Waals surface area contributed by atoms with Crippen LogP contribution in [-0.4, -0.2) is 67.4 Å². The number of amides is 3. The van der Waals surface area contributed by atoms with Gasteiger partial charge in [0.2, 0.25) is 17.7 Å². The second kappa shape index (κ2) is 9.32. The Morgan fingerprint density at radius 1 is 1.24 bits per heavy atom. The van der Waals surface area contributed by atoms with Gasteiger partial charge in [0.15, 0.2) is 5.13 Å². The summed E-state index contributed by atoms with van der Waals surface area (Å²) in [5.74, 6) is -0.129. The second-order valence-electron chi connectivity index (χ2n) is 6.96. The number of nitrogens with zero attached hydrogens (tertiary/aromatic N) is 3. The average Bonchev–Trinajstić information content (AvgIpc) is 3.28. The monoisotopic (exact) mass is 419 g/mol. The number of methoxy groups -OCH3 is 1. The molecule has 1 aliphatic heterocycles. The van der Waals surface area contributed by atoms with Crippen molar-refractivity contribution in [1.82, 2.24) is 9.88 Å². The zero-order valence-corrected chi connectivity index (χ0v) is 17.9. The Bertz CT molecular complexity index is 893. The van der Waals surface area contributed by atoms with Crippen molar-refractivity contribution in [3.05, 3.63) is 18.2 Å². The Labute approximate surface area is 174 Å². The maximum Gasteiger partial charge on any atom is 0.249 e. The van der Waals surface area contributed by atoms with Crippen LogP contribution < -0.4 is 14.5 Å². The van der Waals surface area contributed by atoms with Crippen LogP contribution in [0.1, 0.15) is 26.7 Å². The summed E-state index contributed by atoms with van der Waals surface area (Å²) in [4.78, 5) is 45.7. The molecule has 3 amide bonds. The van der Waals surface area contributed by atoms with Crippen molar-refractivity contribution in [2.75, 3.05) is 44.7 Å². The van der Waals surface area contributed by atoms with Gasteiger partial charge >= 0.3 is 0 Å². The number of hydrogen-bond acceptors (Lipinski definition) is 6. The molecule has 1 aliphatic rings. The minimum Gasteiger partial charge on any atom is -0.497 e. The molecule has 3 rings (SSSR count). The van der Waals surface area contributed by atoms with Gasteiger partial charge in [-0.2, -0.15) is 0 Å². The van der Waals surface area contributed by atoms with Crippen molar-refractivity contribution in [3.8, 4) is 5.75 Å². The van der Waals surface area contributed by atoms with E-state index in [2.05, 4.69) is 18.8 Å². The Kier molecular flexibility index (Phi) is 6.81.